The summed E-state index contributed by atoms with van der Waals surface area (Å²) in [5.41, 5.74) is 2.12. The zero-order valence-electron chi connectivity index (χ0n) is 20.3. The molecule has 7 heteroatoms. The molecule has 1 heterocycles. The smallest absolute Gasteiger partial charge is 0.295 e. The van der Waals surface area contributed by atoms with E-state index in [4.69, 9.17) is 14.2 Å². The van der Waals surface area contributed by atoms with Crippen molar-refractivity contribution in [2.24, 2.45) is 0 Å². The summed E-state index contributed by atoms with van der Waals surface area (Å²) in [4.78, 5) is 27.8. The maximum Gasteiger partial charge on any atom is 0.295 e. The number of carbonyl (C=O) groups is 2. The first-order chi connectivity index (χ1) is 17.5. The molecule has 1 aliphatic rings. The highest BCUT2D eigenvalue weighted by Crippen LogP contribution is 2.40. The van der Waals surface area contributed by atoms with Gasteiger partial charge in [0.05, 0.1) is 18.7 Å². The van der Waals surface area contributed by atoms with Crippen molar-refractivity contribution < 1.29 is 28.9 Å². The van der Waals surface area contributed by atoms with Gasteiger partial charge in [-0.3, -0.25) is 9.59 Å². The molecular formula is C29H29NO6. The minimum Gasteiger partial charge on any atom is -0.507 e. The van der Waals surface area contributed by atoms with Gasteiger partial charge in [0.2, 0.25) is 0 Å². The topological polar surface area (TPSA) is 85.3 Å². The molecule has 7 nitrogen and oxygen atoms in total. The van der Waals surface area contributed by atoms with Crippen LogP contribution in [0.5, 0.6) is 11.5 Å². The molecule has 1 saturated heterocycles. The number of amides is 1. The average Bonchev–Trinajstić information content (AvgIpc) is 3.17. The number of Topliss-reactive ketones (excluding diaryl/α,β-unsaturated/α-hetero) is 1. The number of hydrogen-bond acceptors (Lipinski definition) is 6. The molecular weight excluding hydrogens is 458 g/mol. The van der Waals surface area contributed by atoms with Gasteiger partial charge >= 0.3 is 0 Å². The number of ketones is 1. The number of hydrogen-bond donors (Lipinski definition) is 1. The van der Waals surface area contributed by atoms with Gasteiger partial charge < -0.3 is 24.2 Å². The second kappa shape index (κ2) is 11.6. The molecule has 186 valence electrons. The molecule has 0 spiro atoms. The van der Waals surface area contributed by atoms with Crippen molar-refractivity contribution >= 4 is 17.4 Å². The first-order valence-electron chi connectivity index (χ1n) is 11.7. The van der Waals surface area contributed by atoms with Crippen molar-refractivity contribution in [1.82, 2.24) is 4.90 Å². The van der Waals surface area contributed by atoms with E-state index >= 15 is 0 Å². The van der Waals surface area contributed by atoms with Crippen LogP contribution in [0.2, 0.25) is 0 Å². The second-order valence-corrected chi connectivity index (χ2v) is 8.42. The van der Waals surface area contributed by atoms with Crippen molar-refractivity contribution in [3.63, 3.8) is 0 Å². The largest absolute Gasteiger partial charge is 0.507 e. The predicted octanol–water partition coefficient (Wildman–Crippen LogP) is 4.73. The maximum atomic E-state index is 13.2. The fourth-order valence-corrected chi connectivity index (χ4v) is 4.28. The molecule has 3 aromatic carbocycles. The van der Waals surface area contributed by atoms with E-state index in [-0.39, 0.29) is 11.3 Å². The number of likely N-dealkylation sites (tertiary alicyclic amines) is 1. The van der Waals surface area contributed by atoms with E-state index in [1.165, 1.54) is 12.0 Å². The lowest BCUT2D eigenvalue weighted by Crippen LogP contribution is -2.31. The fourth-order valence-electron chi connectivity index (χ4n) is 4.28. The van der Waals surface area contributed by atoms with Gasteiger partial charge in [-0.05, 0) is 41.8 Å². The average molecular weight is 488 g/mol. The molecule has 1 unspecified atom stereocenters. The van der Waals surface area contributed by atoms with E-state index in [0.29, 0.717) is 48.8 Å². The van der Waals surface area contributed by atoms with Crippen molar-refractivity contribution in [3.8, 4) is 11.5 Å². The fraction of sp³-hybridized carbons (Fsp3) is 0.241. The van der Waals surface area contributed by atoms with E-state index in [9.17, 15) is 14.7 Å². The molecule has 0 aromatic heterocycles. The van der Waals surface area contributed by atoms with E-state index in [1.807, 2.05) is 54.6 Å². The minimum atomic E-state index is -0.770. The summed E-state index contributed by atoms with van der Waals surface area (Å²) in [5, 5.41) is 11.2. The molecule has 0 bridgehead atoms. The third-order valence-electron chi connectivity index (χ3n) is 6.05. The Bertz CT molecular complexity index is 1250. The van der Waals surface area contributed by atoms with E-state index in [0.717, 1.165) is 5.56 Å². The second-order valence-electron chi connectivity index (χ2n) is 8.42. The quantitative estimate of drug-likeness (QED) is 0.193. The number of methoxy groups -OCH3 is 2. The highest BCUT2D eigenvalue weighted by Gasteiger charge is 2.45. The number of benzene rings is 3. The zero-order valence-corrected chi connectivity index (χ0v) is 20.3. The van der Waals surface area contributed by atoms with Gasteiger partial charge in [-0.2, -0.15) is 0 Å². The molecule has 1 amide bonds. The van der Waals surface area contributed by atoms with Gasteiger partial charge in [0.25, 0.3) is 11.7 Å². The normalized spacial score (nSPS) is 16.8. The Hall–Kier alpha value is -4.10. The highest BCUT2D eigenvalue weighted by molar-refractivity contribution is 6.46. The van der Waals surface area contributed by atoms with Crippen molar-refractivity contribution in [1.29, 1.82) is 0 Å². The van der Waals surface area contributed by atoms with Gasteiger partial charge in [0.15, 0.2) is 0 Å². The Morgan fingerprint density at radius 2 is 1.67 bits per heavy atom. The molecule has 0 radical (unpaired) electrons. The Labute approximate surface area is 210 Å². The standard InChI is InChI=1S/C29H29NO6/c1-34-16-8-15-30-26(21-11-6-14-24(17-21)36-19-20-9-4-3-5-10-20)25(28(32)29(30)33)27(31)22-12-7-13-23(18-22)35-2/h3-7,9-14,17-18,26,31H,8,15-16,19H2,1-2H3/b27-25-. The van der Waals surface area contributed by atoms with Crippen molar-refractivity contribution in [2.75, 3.05) is 27.4 Å². The molecule has 3 aromatic rings. The van der Waals surface area contributed by atoms with E-state index in [1.54, 1.807) is 31.4 Å². The van der Waals surface area contributed by atoms with Crippen molar-refractivity contribution in [2.45, 2.75) is 19.1 Å². The van der Waals surface area contributed by atoms with Crippen LogP contribution in [-0.2, 0) is 20.9 Å². The Kier molecular flexibility index (Phi) is 8.02. The number of nitrogens with zero attached hydrogens (tertiary/aromatic N) is 1. The monoisotopic (exact) mass is 487 g/mol. The Morgan fingerprint density at radius 1 is 0.917 bits per heavy atom. The van der Waals surface area contributed by atoms with Crippen LogP contribution in [-0.4, -0.2) is 49.1 Å². The summed E-state index contributed by atoms with van der Waals surface area (Å²) in [6.07, 6.45) is 0.545. The summed E-state index contributed by atoms with van der Waals surface area (Å²) < 4.78 is 16.4. The SMILES string of the molecule is COCCCN1C(=O)C(=O)/C(=C(\O)c2cccc(OC)c2)C1c1cccc(OCc2ccccc2)c1. The number of aliphatic hydroxyl groups excluding tert-OH is 1. The minimum absolute atomic E-state index is 0.0332. The summed E-state index contributed by atoms with van der Waals surface area (Å²) in [7, 11) is 3.11. The summed E-state index contributed by atoms with van der Waals surface area (Å²) in [6.45, 7) is 1.11. The van der Waals surface area contributed by atoms with Crippen LogP contribution in [0.1, 0.15) is 29.2 Å². The summed E-state index contributed by atoms with van der Waals surface area (Å²) in [6, 6.07) is 23.1. The molecule has 1 aliphatic heterocycles. The van der Waals surface area contributed by atoms with Crippen LogP contribution < -0.4 is 9.47 Å². The Balaban J connectivity index is 1.73. The summed E-state index contributed by atoms with van der Waals surface area (Å²) in [5.74, 6) is -0.506. The molecule has 1 N–H and O–H groups in total. The van der Waals surface area contributed by atoms with Crippen LogP contribution in [0, 0.1) is 0 Å². The number of aliphatic hydroxyl groups is 1. The number of rotatable bonds is 10. The lowest BCUT2D eigenvalue weighted by molar-refractivity contribution is -0.140. The first kappa shape index (κ1) is 25.0. The molecule has 1 fully saturated rings. The van der Waals surface area contributed by atoms with E-state index < -0.39 is 17.7 Å². The zero-order chi connectivity index (χ0) is 25.5. The molecule has 0 aliphatic carbocycles. The maximum absolute atomic E-state index is 13.2. The van der Waals surface area contributed by atoms with Crippen molar-refractivity contribution in [3.05, 3.63) is 101 Å². The third-order valence-corrected chi connectivity index (χ3v) is 6.05. The lowest BCUT2D eigenvalue weighted by atomic mass is 9.95. The number of carbonyl (C=O) groups excluding carboxylic acids is 2. The van der Waals surface area contributed by atoms with Gasteiger partial charge in [-0.1, -0.05) is 54.6 Å². The molecule has 0 saturated carbocycles. The lowest BCUT2D eigenvalue weighted by Gasteiger charge is -2.25. The van der Waals surface area contributed by atoms with Gasteiger partial charge in [0.1, 0.15) is 23.9 Å². The predicted molar refractivity (Wildman–Crippen MR) is 136 cm³/mol. The van der Waals surface area contributed by atoms with Gasteiger partial charge in [-0.25, -0.2) is 0 Å². The van der Waals surface area contributed by atoms with Crippen LogP contribution >= 0.6 is 0 Å². The molecule has 4 rings (SSSR count). The first-order valence-corrected chi connectivity index (χ1v) is 11.7. The van der Waals surface area contributed by atoms with Crippen LogP contribution in [0.3, 0.4) is 0 Å². The Morgan fingerprint density at radius 3 is 2.42 bits per heavy atom. The molecule has 1 atom stereocenters. The molecule has 36 heavy (non-hydrogen) atoms. The summed E-state index contributed by atoms with van der Waals surface area (Å²) >= 11 is 0. The van der Waals surface area contributed by atoms with Crippen LogP contribution in [0.25, 0.3) is 5.76 Å². The third kappa shape index (κ3) is 5.42. The van der Waals surface area contributed by atoms with E-state index in [2.05, 4.69) is 0 Å². The van der Waals surface area contributed by atoms with Crippen LogP contribution in [0.4, 0.5) is 0 Å². The highest BCUT2D eigenvalue weighted by atomic mass is 16.5. The van der Waals surface area contributed by atoms with Gasteiger partial charge in [0, 0.05) is 25.8 Å². The number of ether oxygens (including phenoxy) is 3. The van der Waals surface area contributed by atoms with Gasteiger partial charge in [-0.15, -0.1) is 0 Å². The van der Waals surface area contributed by atoms with Crippen LogP contribution in [0.15, 0.2) is 84.4 Å².